The van der Waals surface area contributed by atoms with Crippen LogP contribution in [-0.4, -0.2) is 49.2 Å². The molecule has 2 N–H and O–H groups in total. The van der Waals surface area contributed by atoms with Crippen LogP contribution in [-0.2, 0) is 16.1 Å². The fourth-order valence-electron chi connectivity index (χ4n) is 4.98. The zero-order valence-electron chi connectivity index (χ0n) is 15.6. The smallest absolute Gasteiger partial charge is 0.309 e. The van der Waals surface area contributed by atoms with Gasteiger partial charge in [0.05, 0.1) is 18.0 Å². The zero-order valence-corrected chi connectivity index (χ0v) is 15.6. The molecule has 1 saturated heterocycles. The van der Waals surface area contributed by atoms with Gasteiger partial charge in [-0.2, -0.15) is 0 Å². The summed E-state index contributed by atoms with van der Waals surface area (Å²) in [6, 6.07) is 5.70. The summed E-state index contributed by atoms with van der Waals surface area (Å²) in [4.78, 5) is 44.0. The molecule has 5 rings (SSSR count). The van der Waals surface area contributed by atoms with Crippen LogP contribution in [0.15, 0.2) is 41.5 Å². The Balaban J connectivity index is 1.67. The molecule has 0 radical (unpaired) electrons. The van der Waals surface area contributed by atoms with Crippen LogP contribution in [0.5, 0.6) is 0 Å². The van der Waals surface area contributed by atoms with E-state index in [0.717, 1.165) is 18.4 Å². The van der Waals surface area contributed by atoms with Gasteiger partial charge in [0, 0.05) is 48.6 Å². The lowest BCUT2D eigenvalue weighted by Gasteiger charge is -2.38. The third-order valence-corrected chi connectivity index (χ3v) is 6.50. The van der Waals surface area contributed by atoms with Crippen molar-refractivity contribution in [1.82, 2.24) is 14.5 Å². The molecule has 3 aliphatic rings. The third-order valence-electron chi connectivity index (χ3n) is 6.50. The van der Waals surface area contributed by atoms with Crippen LogP contribution in [0.25, 0.3) is 11.1 Å². The van der Waals surface area contributed by atoms with Crippen molar-refractivity contribution in [3.8, 4) is 11.1 Å². The van der Waals surface area contributed by atoms with Crippen molar-refractivity contribution in [2.75, 3.05) is 6.61 Å². The minimum absolute atomic E-state index is 0.0564. The number of carbonyl (C=O) groups is 2. The monoisotopic (exact) mass is 395 g/mol. The number of aliphatic carboxylic acids is 1. The van der Waals surface area contributed by atoms with Crippen LogP contribution in [0.1, 0.15) is 24.6 Å². The number of nitrogens with zero attached hydrogens (tertiary/aromatic N) is 3. The summed E-state index contributed by atoms with van der Waals surface area (Å²) < 4.78 is 1.59. The highest BCUT2D eigenvalue weighted by Gasteiger charge is 2.59. The maximum atomic E-state index is 13.3. The normalized spacial score (nSPS) is 27.6. The van der Waals surface area contributed by atoms with E-state index in [9.17, 15) is 24.6 Å². The summed E-state index contributed by atoms with van der Waals surface area (Å²) >= 11 is 0. The van der Waals surface area contributed by atoms with Gasteiger partial charge >= 0.3 is 5.97 Å². The number of aliphatic hydroxyl groups excluding tert-OH is 1. The molecule has 8 nitrogen and oxygen atoms in total. The predicted molar refractivity (Wildman–Crippen MR) is 102 cm³/mol. The minimum Gasteiger partial charge on any atom is -0.481 e. The average molecular weight is 395 g/mol. The molecule has 1 aliphatic carbocycles. The first kappa shape index (κ1) is 18.1. The van der Waals surface area contributed by atoms with E-state index in [1.165, 1.54) is 0 Å². The van der Waals surface area contributed by atoms with Gasteiger partial charge in [0.1, 0.15) is 0 Å². The molecule has 2 aliphatic heterocycles. The van der Waals surface area contributed by atoms with Gasteiger partial charge in [-0.3, -0.25) is 19.4 Å². The number of rotatable bonds is 4. The number of fused-ring (bicyclic) bond motifs is 4. The average Bonchev–Trinajstić information content (AvgIpc) is 3.53. The van der Waals surface area contributed by atoms with E-state index in [1.807, 2.05) is 0 Å². The number of amides is 1. The summed E-state index contributed by atoms with van der Waals surface area (Å²) in [5, 5.41) is 19.9. The van der Waals surface area contributed by atoms with E-state index < -0.39 is 29.9 Å². The summed E-state index contributed by atoms with van der Waals surface area (Å²) in [5.41, 5.74) is 1.55. The Labute approximate surface area is 166 Å². The van der Waals surface area contributed by atoms with Crippen LogP contribution in [0.3, 0.4) is 0 Å². The first-order chi connectivity index (χ1) is 14.0. The second-order valence-corrected chi connectivity index (χ2v) is 8.07. The van der Waals surface area contributed by atoms with Crippen molar-refractivity contribution < 1.29 is 19.8 Å². The van der Waals surface area contributed by atoms with Crippen LogP contribution in [0, 0.1) is 17.8 Å². The fraction of sp³-hybridized carbons (Fsp3) is 0.429. The van der Waals surface area contributed by atoms with Gasteiger partial charge in [-0.1, -0.05) is 0 Å². The molecule has 2 bridgehead atoms. The molecule has 0 aromatic carbocycles. The highest BCUT2D eigenvalue weighted by Crippen LogP contribution is 2.50. The summed E-state index contributed by atoms with van der Waals surface area (Å²) in [5.74, 6) is -2.72. The van der Waals surface area contributed by atoms with Crippen LogP contribution < -0.4 is 5.56 Å². The number of aromatic nitrogens is 2. The van der Waals surface area contributed by atoms with E-state index in [0.29, 0.717) is 11.3 Å². The lowest BCUT2D eigenvalue weighted by Crippen LogP contribution is -2.49. The van der Waals surface area contributed by atoms with E-state index in [4.69, 9.17) is 0 Å². The van der Waals surface area contributed by atoms with Crippen molar-refractivity contribution >= 4 is 11.9 Å². The van der Waals surface area contributed by atoms with Crippen molar-refractivity contribution in [3.05, 3.63) is 52.7 Å². The molecule has 29 heavy (non-hydrogen) atoms. The maximum absolute atomic E-state index is 13.3. The topological polar surface area (TPSA) is 113 Å². The predicted octanol–water partition coefficient (Wildman–Crippen LogP) is 0.895. The molecule has 4 heterocycles. The third kappa shape index (κ3) is 2.62. The minimum atomic E-state index is -1.05. The number of pyridine rings is 2. The van der Waals surface area contributed by atoms with Gasteiger partial charge in [0.2, 0.25) is 5.91 Å². The van der Waals surface area contributed by atoms with Crippen molar-refractivity contribution in [2.45, 2.75) is 31.5 Å². The number of hydrogen-bond acceptors (Lipinski definition) is 5. The van der Waals surface area contributed by atoms with E-state index in [-0.39, 0.29) is 30.5 Å². The Hall–Kier alpha value is -3.00. The molecule has 8 heteroatoms. The van der Waals surface area contributed by atoms with Gasteiger partial charge in [0.25, 0.3) is 5.56 Å². The Kier molecular flexibility index (Phi) is 4.06. The SMILES string of the molecule is O=C(O)[C@H]1[C@H](CO)[C@H]2Cn3c(ccc(-c4ccncc4)c3=O)[C@@H]1N2C(=O)C1CC1. The molecule has 0 unspecified atom stereocenters. The van der Waals surface area contributed by atoms with Gasteiger partial charge in [-0.05, 0) is 42.7 Å². The summed E-state index contributed by atoms with van der Waals surface area (Å²) in [7, 11) is 0. The van der Waals surface area contributed by atoms with E-state index >= 15 is 0 Å². The second-order valence-electron chi connectivity index (χ2n) is 8.07. The lowest BCUT2D eigenvalue weighted by atomic mass is 9.87. The highest BCUT2D eigenvalue weighted by atomic mass is 16.4. The molecule has 2 aromatic heterocycles. The Bertz CT molecular complexity index is 1050. The Morgan fingerprint density at radius 1 is 1.14 bits per heavy atom. The molecule has 4 atom stereocenters. The Morgan fingerprint density at radius 2 is 1.86 bits per heavy atom. The molecule has 1 saturated carbocycles. The Morgan fingerprint density at radius 3 is 2.48 bits per heavy atom. The van der Waals surface area contributed by atoms with Crippen molar-refractivity contribution in [2.24, 2.45) is 17.8 Å². The highest BCUT2D eigenvalue weighted by molar-refractivity contribution is 5.84. The molecular weight excluding hydrogens is 374 g/mol. The quantitative estimate of drug-likeness (QED) is 0.795. The van der Waals surface area contributed by atoms with Gasteiger partial charge < -0.3 is 19.7 Å². The standard InChI is InChI=1S/C21H21N3O5/c25-10-14-16-9-23-15(4-3-13(20(23)27)11-5-7-22-8-6-11)18(17(14)21(28)29)24(16)19(26)12-1-2-12/h3-8,12,14,16-18,25H,1-2,9-10H2,(H,28,29)/t14-,16-,17+,18+/m1/s1. The van der Waals surface area contributed by atoms with Gasteiger partial charge in [-0.15, -0.1) is 0 Å². The van der Waals surface area contributed by atoms with E-state index in [1.54, 1.807) is 46.1 Å². The zero-order chi connectivity index (χ0) is 20.3. The lowest BCUT2D eigenvalue weighted by molar-refractivity contribution is -0.145. The molecule has 150 valence electrons. The largest absolute Gasteiger partial charge is 0.481 e. The first-order valence-corrected chi connectivity index (χ1v) is 9.83. The number of hydrogen-bond donors (Lipinski definition) is 2. The molecule has 0 spiro atoms. The molecule has 2 fully saturated rings. The molecule has 1 amide bonds. The van der Waals surface area contributed by atoms with E-state index in [2.05, 4.69) is 4.98 Å². The summed E-state index contributed by atoms with van der Waals surface area (Å²) in [6.45, 7) is -0.149. The fourth-order valence-corrected chi connectivity index (χ4v) is 4.98. The van der Waals surface area contributed by atoms with Crippen LogP contribution in [0.4, 0.5) is 0 Å². The number of carboxylic acid groups (broad SMARTS) is 1. The number of carbonyl (C=O) groups excluding carboxylic acids is 1. The van der Waals surface area contributed by atoms with Crippen molar-refractivity contribution in [1.29, 1.82) is 0 Å². The van der Waals surface area contributed by atoms with Gasteiger partial charge in [-0.25, -0.2) is 0 Å². The van der Waals surface area contributed by atoms with Crippen molar-refractivity contribution in [3.63, 3.8) is 0 Å². The number of carboxylic acids is 1. The second kappa shape index (κ2) is 6.52. The summed E-state index contributed by atoms with van der Waals surface area (Å²) in [6.07, 6.45) is 4.84. The van der Waals surface area contributed by atoms with Gasteiger partial charge in [0.15, 0.2) is 0 Å². The van der Waals surface area contributed by atoms with Crippen LogP contribution >= 0.6 is 0 Å². The molecular formula is C21H21N3O5. The maximum Gasteiger partial charge on any atom is 0.309 e. The number of aliphatic hydroxyl groups is 1. The molecule has 2 aromatic rings. The first-order valence-electron chi connectivity index (χ1n) is 9.83. The van der Waals surface area contributed by atoms with Crippen LogP contribution in [0.2, 0.25) is 0 Å².